The summed E-state index contributed by atoms with van der Waals surface area (Å²) in [5.74, 6) is -1.06. The van der Waals surface area contributed by atoms with Gasteiger partial charge in [-0.3, -0.25) is 15.1 Å². The van der Waals surface area contributed by atoms with Crippen molar-refractivity contribution < 1.29 is 27.9 Å². The summed E-state index contributed by atoms with van der Waals surface area (Å²) >= 11 is 0.749. The van der Waals surface area contributed by atoms with Gasteiger partial charge in [-0.05, 0) is 44.5 Å². The number of pyridine rings is 3. The molecule has 226 valence electrons. The summed E-state index contributed by atoms with van der Waals surface area (Å²) in [6.07, 6.45) is 0.368. The lowest BCUT2D eigenvalue weighted by Crippen LogP contribution is -2.28. The molecule has 5 rings (SSSR count). The summed E-state index contributed by atoms with van der Waals surface area (Å²) in [5.41, 5.74) is -1.14. The van der Waals surface area contributed by atoms with Crippen molar-refractivity contribution in [2.24, 2.45) is 5.92 Å². The molecule has 1 aliphatic heterocycles. The predicted octanol–water partition coefficient (Wildman–Crippen LogP) is 4.78. The van der Waals surface area contributed by atoms with Crippen LogP contribution in [0.2, 0.25) is 0 Å². The van der Waals surface area contributed by atoms with Gasteiger partial charge in [0, 0.05) is 48.5 Å². The molecule has 1 aliphatic rings. The molecule has 2 amide bonds. The zero-order chi connectivity index (χ0) is 30.9. The third-order valence-electron chi connectivity index (χ3n) is 7.25. The average Bonchev–Trinajstić information content (AvgIpc) is 3.64. The number of carboxylic acid groups (broad SMARTS) is 1. The lowest BCUT2D eigenvalue weighted by molar-refractivity contribution is -0.140. The standard InChI is InChI=1S/C28H28F3N7O4S/c1-3-32-27(42)36-23-8-16(25-35-22(14-43-25)28(29,30)31)18(9-34-23)20-7-17-21(10-33-20)38(13-19(24(17)39)26(40)41)12-15-5-6-37(4-2)11-15/h7-10,13-15H,3-6,11-12H2,1-2H3,(H,40,41)(H2,32,34,36,42)/t15-/m1/s1. The fourth-order valence-electron chi connectivity index (χ4n) is 5.12. The SMILES string of the molecule is CCNC(=O)Nc1cc(-c2nc(C(F)(F)F)cs2)c(-c2cc3c(=O)c(C(=O)O)cn(C[C@@H]4CCN(CC)C4)c3cn2)cn1. The lowest BCUT2D eigenvalue weighted by Gasteiger charge is -2.18. The molecule has 5 heterocycles. The van der Waals surface area contributed by atoms with E-state index in [0.29, 0.717) is 18.6 Å². The van der Waals surface area contributed by atoms with Crippen LogP contribution in [-0.2, 0) is 12.7 Å². The average molecular weight is 616 g/mol. The molecule has 43 heavy (non-hydrogen) atoms. The van der Waals surface area contributed by atoms with Gasteiger partial charge in [0.2, 0.25) is 5.43 Å². The number of aromatic carboxylic acids is 1. The van der Waals surface area contributed by atoms with Crippen molar-refractivity contribution in [1.82, 2.24) is 29.7 Å². The summed E-state index contributed by atoms with van der Waals surface area (Å²) in [5, 5.41) is 15.8. The van der Waals surface area contributed by atoms with E-state index in [9.17, 15) is 32.7 Å². The number of aromatic nitrogens is 4. The van der Waals surface area contributed by atoms with Gasteiger partial charge in [0.25, 0.3) is 0 Å². The normalized spacial score (nSPS) is 15.6. The Morgan fingerprint density at radius 2 is 1.95 bits per heavy atom. The Morgan fingerprint density at radius 1 is 1.16 bits per heavy atom. The van der Waals surface area contributed by atoms with Crippen LogP contribution in [0.25, 0.3) is 32.7 Å². The van der Waals surface area contributed by atoms with E-state index in [2.05, 4.69) is 37.4 Å². The first-order chi connectivity index (χ1) is 20.5. The quantitative estimate of drug-likeness (QED) is 0.257. The highest BCUT2D eigenvalue weighted by Crippen LogP contribution is 2.38. The van der Waals surface area contributed by atoms with Crippen LogP contribution in [0, 0.1) is 5.92 Å². The van der Waals surface area contributed by atoms with Gasteiger partial charge in [-0.1, -0.05) is 6.92 Å². The van der Waals surface area contributed by atoms with E-state index in [1.165, 1.54) is 30.7 Å². The minimum Gasteiger partial charge on any atom is -0.477 e. The number of carboxylic acids is 1. The zero-order valence-corrected chi connectivity index (χ0v) is 24.1. The van der Waals surface area contributed by atoms with Crippen LogP contribution in [0.1, 0.15) is 36.3 Å². The Bertz CT molecular complexity index is 1750. The molecule has 0 saturated carbocycles. The van der Waals surface area contributed by atoms with Crippen molar-refractivity contribution >= 4 is 40.1 Å². The molecule has 0 aromatic carbocycles. The van der Waals surface area contributed by atoms with Gasteiger partial charge >= 0.3 is 18.2 Å². The second-order valence-electron chi connectivity index (χ2n) is 10.1. The van der Waals surface area contributed by atoms with Crippen LogP contribution in [0.5, 0.6) is 0 Å². The maximum absolute atomic E-state index is 13.4. The second-order valence-corrected chi connectivity index (χ2v) is 11.0. The summed E-state index contributed by atoms with van der Waals surface area (Å²) in [4.78, 5) is 52.2. The van der Waals surface area contributed by atoms with Crippen LogP contribution in [0.4, 0.5) is 23.8 Å². The molecule has 4 aromatic rings. The molecular formula is C28H28F3N7O4S. The number of carbonyl (C=O) groups excluding carboxylic acids is 1. The van der Waals surface area contributed by atoms with Gasteiger partial charge in [0.05, 0.1) is 22.8 Å². The maximum atomic E-state index is 13.4. The van der Waals surface area contributed by atoms with Crippen molar-refractivity contribution in [3.63, 3.8) is 0 Å². The van der Waals surface area contributed by atoms with E-state index < -0.39 is 34.9 Å². The molecule has 1 saturated heterocycles. The van der Waals surface area contributed by atoms with Gasteiger partial charge in [-0.2, -0.15) is 13.2 Å². The molecular weight excluding hydrogens is 587 g/mol. The molecule has 0 aliphatic carbocycles. The van der Waals surface area contributed by atoms with Crippen LogP contribution in [-0.4, -0.2) is 67.7 Å². The first-order valence-electron chi connectivity index (χ1n) is 13.6. The number of amides is 2. The lowest BCUT2D eigenvalue weighted by atomic mass is 10.0. The van der Waals surface area contributed by atoms with E-state index in [0.717, 1.165) is 42.8 Å². The Morgan fingerprint density at radius 3 is 2.60 bits per heavy atom. The third-order valence-corrected chi connectivity index (χ3v) is 8.13. The van der Waals surface area contributed by atoms with Crippen LogP contribution < -0.4 is 16.1 Å². The molecule has 0 spiro atoms. The minimum atomic E-state index is -4.67. The van der Waals surface area contributed by atoms with Crippen molar-refractivity contribution in [2.75, 3.05) is 31.5 Å². The molecule has 0 bridgehead atoms. The number of likely N-dealkylation sites (tertiary alicyclic amines) is 1. The van der Waals surface area contributed by atoms with Crippen molar-refractivity contribution in [3.8, 4) is 21.8 Å². The number of carbonyl (C=O) groups is 2. The number of rotatable bonds is 8. The summed E-state index contributed by atoms with van der Waals surface area (Å²) in [6.45, 7) is 7.31. The van der Waals surface area contributed by atoms with Crippen LogP contribution in [0.15, 0.2) is 40.9 Å². The number of nitrogens with zero attached hydrogens (tertiary/aromatic N) is 5. The summed E-state index contributed by atoms with van der Waals surface area (Å²) in [6, 6.07) is 2.24. The number of halogens is 3. The van der Waals surface area contributed by atoms with E-state index in [1.807, 2.05) is 0 Å². The van der Waals surface area contributed by atoms with E-state index in [4.69, 9.17) is 0 Å². The zero-order valence-electron chi connectivity index (χ0n) is 23.2. The van der Waals surface area contributed by atoms with Crippen molar-refractivity contribution in [2.45, 2.75) is 33.0 Å². The van der Waals surface area contributed by atoms with Gasteiger partial charge in [-0.25, -0.2) is 19.6 Å². The monoisotopic (exact) mass is 615 g/mol. The summed E-state index contributed by atoms with van der Waals surface area (Å²) in [7, 11) is 0. The summed E-state index contributed by atoms with van der Waals surface area (Å²) < 4.78 is 41.9. The largest absolute Gasteiger partial charge is 0.477 e. The molecule has 15 heteroatoms. The number of hydrogen-bond acceptors (Lipinski definition) is 8. The van der Waals surface area contributed by atoms with Gasteiger partial charge < -0.3 is 19.9 Å². The molecule has 1 atom stereocenters. The van der Waals surface area contributed by atoms with E-state index in [1.54, 1.807) is 11.5 Å². The Balaban J connectivity index is 1.63. The highest BCUT2D eigenvalue weighted by atomic mass is 32.1. The number of urea groups is 1. The van der Waals surface area contributed by atoms with E-state index >= 15 is 0 Å². The molecule has 3 N–H and O–H groups in total. The first kappa shape index (κ1) is 30.1. The second kappa shape index (κ2) is 12.1. The Hall–Kier alpha value is -4.37. The Kier molecular flexibility index (Phi) is 8.46. The molecule has 0 radical (unpaired) electrons. The number of thiazole rings is 1. The van der Waals surface area contributed by atoms with Crippen molar-refractivity contribution in [3.05, 3.63) is 57.6 Å². The number of fused-ring (bicyclic) bond motifs is 1. The first-order valence-corrected chi connectivity index (χ1v) is 14.4. The Labute approximate surface area is 247 Å². The topological polar surface area (TPSA) is 142 Å². The molecule has 11 nitrogen and oxygen atoms in total. The van der Waals surface area contributed by atoms with Gasteiger partial charge in [-0.15, -0.1) is 11.3 Å². The fourth-order valence-corrected chi connectivity index (χ4v) is 5.98. The molecule has 1 fully saturated rings. The molecule has 0 unspecified atom stereocenters. The molecule has 4 aromatic heterocycles. The highest BCUT2D eigenvalue weighted by Gasteiger charge is 2.34. The van der Waals surface area contributed by atoms with Crippen LogP contribution >= 0.6 is 11.3 Å². The van der Waals surface area contributed by atoms with Crippen molar-refractivity contribution in [1.29, 1.82) is 0 Å². The highest BCUT2D eigenvalue weighted by molar-refractivity contribution is 7.13. The number of hydrogen-bond donors (Lipinski definition) is 3. The third kappa shape index (κ3) is 6.37. The smallest absolute Gasteiger partial charge is 0.434 e. The van der Waals surface area contributed by atoms with Crippen LogP contribution in [0.3, 0.4) is 0 Å². The van der Waals surface area contributed by atoms with Gasteiger partial charge in [0.15, 0.2) is 5.69 Å². The number of nitrogens with one attached hydrogen (secondary N) is 2. The predicted molar refractivity (Wildman–Crippen MR) is 155 cm³/mol. The minimum absolute atomic E-state index is 0.0102. The fraction of sp³-hybridized carbons (Fsp3) is 0.357. The number of alkyl halides is 3. The maximum Gasteiger partial charge on any atom is 0.434 e. The number of anilines is 1. The van der Waals surface area contributed by atoms with E-state index in [-0.39, 0.29) is 39.0 Å². The van der Waals surface area contributed by atoms with Gasteiger partial charge in [0.1, 0.15) is 16.4 Å².